The summed E-state index contributed by atoms with van der Waals surface area (Å²) in [6.07, 6.45) is 11.1. The predicted octanol–water partition coefficient (Wildman–Crippen LogP) is 3.46. The van der Waals surface area contributed by atoms with Crippen molar-refractivity contribution in [1.29, 1.82) is 0 Å². The Morgan fingerprint density at radius 2 is 1.77 bits per heavy atom. The molecule has 2 aliphatic heterocycles. The number of methoxy groups -OCH3 is 1. The number of thiocarbonyl (C=S) groups is 1. The van der Waals surface area contributed by atoms with Gasteiger partial charge >= 0.3 is 0 Å². The average molecular weight is 493 g/mol. The van der Waals surface area contributed by atoms with Crippen LogP contribution >= 0.6 is 12.2 Å². The van der Waals surface area contributed by atoms with Crippen molar-refractivity contribution >= 4 is 40.5 Å². The molecule has 1 aromatic rings. The van der Waals surface area contributed by atoms with E-state index in [0.29, 0.717) is 17.6 Å². The molecule has 35 heavy (non-hydrogen) atoms. The molecule has 2 amide bonds. The van der Waals surface area contributed by atoms with Gasteiger partial charge in [-0.2, -0.15) is 0 Å². The Morgan fingerprint density at radius 3 is 2.46 bits per heavy atom. The van der Waals surface area contributed by atoms with E-state index in [9.17, 15) is 9.59 Å². The molecule has 2 heterocycles. The molecule has 7 nitrogen and oxygen atoms in total. The third-order valence-electron chi connectivity index (χ3n) is 7.65. The van der Waals surface area contributed by atoms with Crippen molar-refractivity contribution in [1.82, 2.24) is 9.80 Å². The first-order valence-corrected chi connectivity index (χ1v) is 12.9. The quantitative estimate of drug-likeness (QED) is 0.589. The first-order chi connectivity index (χ1) is 17.0. The number of benzene rings is 1. The number of aliphatic imine (C=N–C) groups is 1. The van der Waals surface area contributed by atoms with E-state index < -0.39 is 0 Å². The Balaban J connectivity index is 1.10. The minimum absolute atomic E-state index is 0.0218. The second-order valence-electron chi connectivity index (χ2n) is 9.72. The van der Waals surface area contributed by atoms with E-state index in [2.05, 4.69) is 22.0 Å². The number of piperazine rings is 1. The van der Waals surface area contributed by atoms with Crippen molar-refractivity contribution in [3.05, 3.63) is 48.6 Å². The lowest BCUT2D eigenvalue weighted by Gasteiger charge is -2.39. The SMILES string of the molecule is COc1ccc(N2CCN(C(=O)C3CCC(CN4C(=O)C5C=CC=CC5=NC4=S)CC3)CC2)cc1. The number of hydrogen-bond acceptors (Lipinski definition) is 5. The van der Waals surface area contributed by atoms with Crippen LogP contribution in [0.5, 0.6) is 5.75 Å². The van der Waals surface area contributed by atoms with Crippen LogP contribution in [0.15, 0.2) is 53.6 Å². The molecule has 1 aromatic carbocycles. The number of rotatable bonds is 5. The topological polar surface area (TPSA) is 65.5 Å². The van der Waals surface area contributed by atoms with E-state index >= 15 is 0 Å². The molecular formula is C27H32N4O3S. The first kappa shape index (κ1) is 23.7. The minimum atomic E-state index is -0.318. The van der Waals surface area contributed by atoms with Gasteiger partial charge in [-0.05, 0) is 74.2 Å². The van der Waals surface area contributed by atoms with Crippen LogP contribution in [0, 0.1) is 17.8 Å². The maximum absolute atomic E-state index is 13.2. The Kier molecular flexibility index (Phi) is 7.00. The van der Waals surface area contributed by atoms with Crippen LogP contribution in [0.25, 0.3) is 0 Å². The van der Waals surface area contributed by atoms with Crippen molar-refractivity contribution < 1.29 is 14.3 Å². The second-order valence-corrected chi connectivity index (χ2v) is 10.1. The maximum Gasteiger partial charge on any atom is 0.241 e. The highest BCUT2D eigenvalue weighted by molar-refractivity contribution is 7.80. The largest absolute Gasteiger partial charge is 0.497 e. The Morgan fingerprint density at radius 1 is 1.06 bits per heavy atom. The number of amides is 2. The van der Waals surface area contributed by atoms with Gasteiger partial charge in [0, 0.05) is 44.3 Å². The molecule has 5 rings (SSSR count). The molecular weight excluding hydrogens is 460 g/mol. The first-order valence-electron chi connectivity index (χ1n) is 12.5. The summed E-state index contributed by atoms with van der Waals surface area (Å²) in [7, 11) is 1.67. The Bertz CT molecular complexity index is 1060. The van der Waals surface area contributed by atoms with Gasteiger partial charge < -0.3 is 14.5 Å². The minimum Gasteiger partial charge on any atom is -0.497 e. The Hall–Kier alpha value is -3.00. The van der Waals surface area contributed by atoms with Crippen LogP contribution in [-0.4, -0.2) is 72.3 Å². The van der Waals surface area contributed by atoms with E-state index in [-0.39, 0.29) is 23.7 Å². The highest BCUT2D eigenvalue weighted by atomic mass is 32.1. The molecule has 0 N–H and O–H groups in total. The molecule has 2 aliphatic carbocycles. The molecule has 1 atom stereocenters. The summed E-state index contributed by atoms with van der Waals surface area (Å²) in [5.41, 5.74) is 1.90. The lowest BCUT2D eigenvalue weighted by molar-refractivity contribution is -0.137. The molecule has 2 fully saturated rings. The molecule has 4 aliphatic rings. The molecule has 0 aromatic heterocycles. The van der Waals surface area contributed by atoms with Gasteiger partial charge in [-0.25, -0.2) is 4.99 Å². The van der Waals surface area contributed by atoms with Crippen LogP contribution < -0.4 is 9.64 Å². The zero-order valence-electron chi connectivity index (χ0n) is 20.1. The number of allylic oxidation sites excluding steroid dienone is 3. The van der Waals surface area contributed by atoms with E-state index in [1.54, 1.807) is 12.0 Å². The Labute approximate surface area is 212 Å². The van der Waals surface area contributed by atoms with Crippen LogP contribution in [0.1, 0.15) is 25.7 Å². The van der Waals surface area contributed by atoms with Gasteiger partial charge in [0.15, 0.2) is 0 Å². The number of carbonyl (C=O) groups excluding carboxylic acids is 2. The summed E-state index contributed by atoms with van der Waals surface area (Å²) >= 11 is 5.44. The van der Waals surface area contributed by atoms with Gasteiger partial charge in [-0.1, -0.05) is 18.2 Å². The van der Waals surface area contributed by atoms with Crippen LogP contribution in [0.4, 0.5) is 5.69 Å². The van der Waals surface area contributed by atoms with Gasteiger partial charge in [0.05, 0.1) is 18.7 Å². The van der Waals surface area contributed by atoms with Gasteiger partial charge in [-0.3, -0.25) is 14.5 Å². The highest BCUT2D eigenvalue weighted by Gasteiger charge is 2.37. The van der Waals surface area contributed by atoms with E-state index in [1.165, 1.54) is 5.69 Å². The smallest absolute Gasteiger partial charge is 0.241 e. The predicted molar refractivity (Wildman–Crippen MR) is 141 cm³/mol. The number of ether oxygens (including phenoxy) is 1. The molecule has 1 saturated heterocycles. The second kappa shape index (κ2) is 10.3. The third kappa shape index (κ3) is 5.03. The molecule has 0 bridgehead atoms. The van der Waals surface area contributed by atoms with Crippen molar-refractivity contribution in [2.75, 3.05) is 44.7 Å². The summed E-state index contributed by atoms with van der Waals surface area (Å²) < 4.78 is 5.25. The zero-order valence-corrected chi connectivity index (χ0v) is 21.0. The van der Waals surface area contributed by atoms with E-state index in [4.69, 9.17) is 17.0 Å². The van der Waals surface area contributed by atoms with Gasteiger partial charge in [0.1, 0.15) is 5.75 Å². The fourth-order valence-corrected chi connectivity index (χ4v) is 5.80. The maximum atomic E-state index is 13.2. The molecule has 1 saturated carbocycles. The van der Waals surface area contributed by atoms with E-state index in [1.807, 2.05) is 41.3 Å². The lowest BCUT2D eigenvalue weighted by Crippen LogP contribution is -2.51. The van der Waals surface area contributed by atoms with Gasteiger partial charge in [0.25, 0.3) is 0 Å². The van der Waals surface area contributed by atoms with Crippen LogP contribution in [0.2, 0.25) is 0 Å². The van der Waals surface area contributed by atoms with Crippen LogP contribution in [-0.2, 0) is 9.59 Å². The summed E-state index contributed by atoms with van der Waals surface area (Å²) in [4.78, 5) is 36.7. The molecule has 8 heteroatoms. The van der Waals surface area contributed by atoms with Gasteiger partial charge in [0.2, 0.25) is 16.9 Å². The standard InChI is InChI=1S/C27H32N4O3S/c1-34-22-12-10-21(11-13-22)29-14-16-30(17-15-29)25(32)20-8-6-19(7-9-20)18-31-26(33)23-4-2-3-5-24(23)28-27(31)35/h2-5,10-13,19-20,23H,6-9,14-18H2,1H3. The zero-order chi connectivity index (χ0) is 24.4. The summed E-state index contributed by atoms with van der Waals surface area (Å²) in [6.45, 7) is 3.80. The number of fused-ring (bicyclic) bond motifs is 1. The molecule has 1 unspecified atom stereocenters. The molecule has 184 valence electrons. The molecule has 0 spiro atoms. The van der Waals surface area contributed by atoms with Crippen molar-refractivity contribution in [3.63, 3.8) is 0 Å². The van der Waals surface area contributed by atoms with Crippen LogP contribution in [0.3, 0.4) is 0 Å². The normalized spacial score (nSPS) is 26.5. The third-order valence-corrected chi connectivity index (χ3v) is 7.97. The lowest BCUT2D eigenvalue weighted by atomic mass is 9.80. The highest BCUT2D eigenvalue weighted by Crippen LogP contribution is 2.32. The average Bonchev–Trinajstić information content (AvgIpc) is 2.91. The van der Waals surface area contributed by atoms with E-state index in [0.717, 1.165) is 63.3 Å². The number of carbonyl (C=O) groups is 2. The number of anilines is 1. The van der Waals surface area contributed by atoms with Crippen molar-refractivity contribution in [3.8, 4) is 5.75 Å². The summed E-state index contributed by atoms with van der Waals surface area (Å²) in [6, 6.07) is 8.10. The fraction of sp³-hybridized carbons (Fsp3) is 0.481. The summed E-state index contributed by atoms with van der Waals surface area (Å²) in [5, 5.41) is 0.370. The number of nitrogens with zero attached hydrogens (tertiary/aromatic N) is 4. The van der Waals surface area contributed by atoms with Crippen molar-refractivity contribution in [2.45, 2.75) is 25.7 Å². The number of hydrogen-bond donors (Lipinski definition) is 0. The molecule has 0 radical (unpaired) electrons. The fourth-order valence-electron chi connectivity index (χ4n) is 5.53. The monoisotopic (exact) mass is 492 g/mol. The van der Waals surface area contributed by atoms with Crippen molar-refractivity contribution in [2.24, 2.45) is 22.7 Å². The van der Waals surface area contributed by atoms with Gasteiger partial charge in [-0.15, -0.1) is 0 Å². The summed E-state index contributed by atoms with van der Waals surface area (Å²) in [5.74, 6) is 1.28.